The van der Waals surface area contributed by atoms with Crippen LogP contribution in [-0.4, -0.2) is 42.3 Å². The summed E-state index contributed by atoms with van der Waals surface area (Å²) in [5, 5.41) is 5.67. The van der Waals surface area contributed by atoms with Gasteiger partial charge < -0.3 is 25.0 Å². The number of amides is 2. The Morgan fingerprint density at radius 3 is 2.59 bits per heavy atom. The van der Waals surface area contributed by atoms with E-state index in [9.17, 15) is 4.79 Å². The number of hydrogen-bond donors (Lipinski definition) is 2. The van der Waals surface area contributed by atoms with Gasteiger partial charge in [-0.05, 0) is 53.1 Å². The molecular weight excluding hydrogens is 466 g/mol. The van der Waals surface area contributed by atoms with E-state index < -0.39 is 0 Å². The molecule has 4 aromatic rings. The van der Waals surface area contributed by atoms with Gasteiger partial charge in [0.2, 0.25) is 0 Å². The maximum atomic E-state index is 12.2. The number of aromatic nitrogens is 2. The number of anilines is 2. The number of carbonyl (C=O) groups is 1. The molecule has 5 rings (SSSR count). The van der Waals surface area contributed by atoms with Gasteiger partial charge in [0, 0.05) is 49.5 Å². The second-order valence-electron chi connectivity index (χ2n) is 8.65. The Bertz CT molecular complexity index is 1310. The van der Waals surface area contributed by atoms with Crippen LogP contribution in [-0.2, 0) is 17.9 Å². The minimum Gasteiger partial charge on any atom is -0.488 e. The van der Waals surface area contributed by atoms with Crippen LogP contribution < -0.4 is 20.3 Å². The molecule has 0 unspecified atom stereocenters. The molecule has 0 spiro atoms. The van der Waals surface area contributed by atoms with Gasteiger partial charge >= 0.3 is 6.03 Å². The highest BCUT2D eigenvalue weighted by Gasteiger charge is 2.14. The lowest BCUT2D eigenvalue weighted by molar-refractivity contribution is 0.122. The van der Waals surface area contributed by atoms with Crippen LogP contribution in [0, 0.1) is 0 Å². The normalized spacial score (nSPS) is 13.1. The van der Waals surface area contributed by atoms with Crippen molar-refractivity contribution < 1.29 is 14.3 Å². The number of rotatable bonds is 8. The lowest BCUT2D eigenvalue weighted by atomic mass is 10.1. The van der Waals surface area contributed by atoms with Crippen molar-refractivity contribution in [3.8, 4) is 16.9 Å². The monoisotopic (exact) mass is 495 g/mol. The van der Waals surface area contributed by atoms with Crippen molar-refractivity contribution >= 4 is 17.5 Å². The van der Waals surface area contributed by atoms with Crippen LogP contribution in [0.25, 0.3) is 11.1 Å². The van der Waals surface area contributed by atoms with Crippen LogP contribution in [0.15, 0.2) is 91.4 Å². The number of benzene rings is 2. The summed E-state index contributed by atoms with van der Waals surface area (Å²) < 4.78 is 11.7. The molecule has 1 saturated heterocycles. The van der Waals surface area contributed by atoms with Crippen LogP contribution in [0.4, 0.5) is 16.3 Å². The average Bonchev–Trinajstić information content (AvgIpc) is 2.97. The quantitative estimate of drug-likeness (QED) is 0.362. The Balaban J connectivity index is 1.19. The van der Waals surface area contributed by atoms with Gasteiger partial charge in [0.15, 0.2) is 0 Å². The van der Waals surface area contributed by atoms with Crippen molar-refractivity contribution in [2.45, 2.75) is 13.2 Å². The molecule has 3 heterocycles. The van der Waals surface area contributed by atoms with Gasteiger partial charge in [-0.15, -0.1) is 0 Å². The third-order valence-corrected chi connectivity index (χ3v) is 6.06. The highest BCUT2D eigenvalue weighted by atomic mass is 16.5. The zero-order valence-electron chi connectivity index (χ0n) is 20.5. The van der Waals surface area contributed by atoms with E-state index in [2.05, 4.69) is 37.6 Å². The Morgan fingerprint density at radius 1 is 0.946 bits per heavy atom. The fourth-order valence-electron chi connectivity index (χ4n) is 4.09. The molecule has 0 bridgehead atoms. The van der Waals surface area contributed by atoms with Crippen molar-refractivity contribution in [3.63, 3.8) is 0 Å². The van der Waals surface area contributed by atoms with Crippen molar-refractivity contribution in [1.82, 2.24) is 15.3 Å². The Labute approximate surface area is 216 Å². The Kier molecular flexibility index (Phi) is 7.88. The third-order valence-electron chi connectivity index (χ3n) is 6.06. The number of nitrogens with zero attached hydrogens (tertiary/aromatic N) is 3. The molecule has 37 heavy (non-hydrogen) atoms. The Hall–Kier alpha value is -4.43. The number of pyridine rings is 2. The molecule has 188 valence electrons. The summed E-state index contributed by atoms with van der Waals surface area (Å²) in [6.45, 7) is 3.94. The molecule has 2 N–H and O–H groups in total. The molecule has 1 aliphatic heterocycles. The summed E-state index contributed by atoms with van der Waals surface area (Å²) >= 11 is 0. The van der Waals surface area contributed by atoms with Gasteiger partial charge in [0.25, 0.3) is 0 Å². The van der Waals surface area contributed by atoms with Gasteiger partial charge in [-0.3, -0.25) is 4.98 Å². The highest BCUT2D eigenvalue weighted by molar-refractivity contribution is 5.89. The number of para-hydroxylation sites is 1. The number of hydrogen-bond acceptors (Lipinski definition) is 6. The first-order valence-corrected chi connectivity index (χ1v) is 12.3. The van der Waals surface area contributed by atoms with Crippen LogP contribution in [0.3, 0.4) is 0 Å². The van der Waals surface area contributed by atoms with E-state index in [4.69, 9.17) is 9.47 Å². The Morgan fingerprint density at radius 2 is 1.78 bits per heavy atom. The zero-order chi connectivity index (χ0) is 25.3. The second kappa shape index (κ2) is 12.0. The lowest BCUT2D eigenvalue weighted by Gasteiger charge is -2.28. The fraction of sp³-hybridized carbons (Fsp3) is 0.207. The first-order chi connectivity index (χ1) is 18.2. The summed E-state index contributed by atoms with van der Waals surface area (Å²) in [4.78, 5) is 23.0. The van der Waals surface area contributed by atoms with E-state index in [1.165, 1.54) is 0 Å². The molecule has 8 nitrogen and oxygen atoms in total. The molecular formula is C29H29N5O3. The maximum Gasteiger partial charge on any atom is 0.319 e. The largest absolute Gasteiger partial charge is 0.488 e. The van der Waals surface area contributed by atoms with E-state index >= 15 is 0 Å². The molecule has 2 amide bonds. The number of nitrogens with one attached hydrogen (secondary N) is 2. The first-order valence-electron chi connectivity index (χ1n) is 12.3. The minimum absolute atomic E-state index is 0.268. The lowest BCUT2D eigenvalue weighted by Crippen LogP contribution is -2.36. The molecule has 0 aliphatic carbocycles. The third kappa shape index (κ3) is 6.62. The van der Waals surface area contributed by atoms with Crippen LogP contribution >= 0.6 is 0 Å². The predicted molar refractivity (Wildman–Crippen MR) is 144 cm³/mol. The average molecular weight is 496 g/mol. The van der Waals surface area contributed by atoms with E-state index in [1.54, 1.807) is 12.4 Å². The summed E-state index contributed by atoms with van der Waals surface area (Å²) in [7, 11) is 0. The molecule has 1 fully saturated rings. The van der Waals surface area contributed by atoms with Crippen molar-refractivity contribution in [2.24, 2.45) is 0 Å². The second-order valence-corrected chi connectivity index (χ2v) is 8.65. The highest BCUT2D eigenvalue weighted by Crippen LogP contribution is 2.32. The smallest absolute Gasteiger partial charge is 0.319 e. The molecule has 0 saturated carbocycles. The van der Waals surface area contributed by atoms with Crippen molar-refractivity contribution in [1.29, 1.82) is 0 Å². The molecule has 8 heteroatoms. The van der Waals surface area contributed by atoms with Crippen LogP contribution in [0.2, 0.25) is 0 Å². The minimum atomic E-state index is -0.268. The SMILES string of the molecule is O=C(NCc1cccnc1)Nc1ccc(COc2ccccc2-c2ccnc(N3CCOCC3)c2)cc1. The van der Waals surface area contributed by atoms with Gasteiger partial charge in [0.05, 0.1) is 13.2 Å². The van der Waals surface area contributed by atoms with E-state index in [-0.39, 0.29) is 6.03 Å². The van der Waals surface area contributed by atoms with Crippen molar-refractivity contribution in [2.75, 3.05) is 36.5 Å². The zero-order valence-corrected chi connectivity index (χ0v) is 20.5. The van der Waals surface area contributed by atoms with E-state index in [0.29, 0.717) is 18.8 Å². The topological polar surface area (TPSA) is 88.6 Å². The predicted octanol–water partition coefficient (Wildman–Crippen LogP) is 4.88. The molecule has 1 aliphatic rings. The van der Waals surface area contributed by atoms with Gasteiger partial charge in [-0.25, -0.2) is 9.78 Å². The van der Waals surface area contributed by atoms with Crippen molar-refractivity contribution in [3.05, 3.63) is 103 Å². The number of urea groups is 1. The molecule has 2 aromatic carbocycles. The standard InChI is InChI=1S/C29H29N5O3/c35-29(32-20-23-4-3-12-30-19-23)33-25-9-7-22(8-10-25)21-37-27-6-2-1-5-26(27)24-11-13-31-28(18-24)34-14-16-36-17-15-34/h1-13,18-19H,14-17,20-21H2,(H2,32,33,35). The molecule has 0 radical (unpaired) electrons. The van der Waals surface area contributed by atoms with Gasteiger partial charge in [-0.1, -0.05) is 36.4 Å². The number of morpholine rings is 1. The summed E-state index contributed by atoms with van der Waals surface area (Å²) in [6.07, 6.45) is 5.27. The first kappa shape index (κ1) is 24.3. The van der Waals surface area contributed by atoms with E-state index in [1.807, 2.05) is 66.9 Å². The molecule has 0 atom stereocenters. The fourth-order valence-corrected chi connectivity index (χ4v) is 4.09. The van der Waals surface area contributed by atoms with Gasteiger partial charge in [0.1, 0.15) is 18.2 Å². The molecule has 2 aromatic heterocycles. The maximum absolute atomic E-state index is 12.2. The van der Waals surface area contributed by atoms with E-state index in [0.717, 1.165) is 60.1 Å². The van der Waals surface area contributed by atoms with Gasteiger partial charge in [-0.2, -0.15) is 0 Å². The summed E-state index contributed by atoms with van der Waals surface area (Å²) in [6, 6.07) is 23.2. The summed E-state index contributed by atoms with van der Waals surface area (Å²) in [5.74, 6) is 1.75. The summed E-state index contributed by atoms with van der Waals surface area (Å²) in [5.41, 5.74) is 4.72. The number of carbonyl (C=O) groups excluding carboxylic acids is 1. The van der Waals surface area contributed by atoms with Crippen LogP contribution in [0.5, 0.6) is 5.75 Å². The van der Waals surface area contributed by atoms with Crippen LogP contribution in [0.1, 0.15) is 11.1 Å². The number of ether oxygens (including phenoxy) is 2.